The Bertz CT molecular complexity index is 878. The first-order chi connectivity index (χ1) is 13.2. The lowest BCUT2D eigenvalue weighted by Crippen LogP contribution is -2.50. The molecule has 0 atom stereocenters. The normalized spacial score (nSPS) is 14.1. The third-order valence-electron chi connectivity index (χ3n) is 4.35. The molecule has 1 aromatic rings. The van der Waals surface area contributed by atoms with Crippen LogP contribution in [0.2, 0.25) is 0 Å². The van der Waals surface area contributed by atoms with Crippen molar-refractivity contribution in [1.82, 2.24) is 14.8 Å². The third-order valence-corrected chi connectivity index (χ3v) is 4.35. The minimum absolute atomic E-state index is 0.204. The molecule has 28 heavy (non-hydrogen) atoms. The number of fused-ring (bicyclic) bond motifs is 1. The summed E-state index contributed by atoms with van der Waals surface area (Å²) in [7, 11) is 0. The summed E-state index contributed by atoms with van der Waals surface area (Å²) in [6.07, 6.45) is 9.57. The van der Waals surface area contributed by atoms with E-state index in [-0.39, 0.29) is 29.2 Å². The fraction of sp³-hybridized carbons (Fsp3) is 0.381. The molecule has 7 heteroatoms. The Morgan fingerprint density at radius 3 is 2.57 bits per heavy atom. The van der Waals surface area contributed by atoms with Gasteiger partial charge in [-0.25, -0.2) is 4.79 Å². The van der Waals surface area contributed by atoms with Crippen molar-refractivity contribution in [2.24, 2.45) is 5.73 Å². The van der Waals surface area contributed by atoms with Crippen LogP contribution in [-0.4, -0.2) is 33.5 Å². The molecule has 0 fully saturated rings. The number of urea groups is 1. The van der Waals surface area contributed by atoms with E-state index >= 15 is 0 Å². The number of amides is 3. The van der Waals surface area contributed by atoms with Gasteiger partial charge in [-0.15, -0.1) is 0 Å². The van der Waals surface area contributed by atoms with Gasteiger partial charge in [0.05, 0.1) is 23.4 Å². The van der Waals surface area contributed by atoms with Crippen molar-refractivity contribution in [2.75, 3.05) is 6.54 Å². The molecule has 0 saturated heterocycles. The number of aromatic nitrogens is 1. The maximum Gasteiger partial charge on any atom is 0.318 e. The van der Waals surface area contributed by atoms with Crippen LogP contribution in [-0.2, 0) is 19.5 Å². The lowest BCUT2D eigenvalue weighted by molar-refractivity contribution is 0.0996. The number of nitriles is 1. The Labute approximate surface area is 165 Å². The van der Waals surface area contributed by atoms with Gasteiger partial charge in [-0.3, -0.25) is 4.79 Å². The second-order valence-corrected chi connectivity index (χ2v) is 7.63. The smallest absolute Gasteiger partial charge is 0.318 e. The number of allylic oxidation sites excluding steroid dienone is 5. The molecule has 3 N–H and O–H groups in total. The minimum Gasteiger partial charge on any atom is -0.366 e. The number of rotatable bonds is 5. The van der Waals surface area contributed by atoms with Gasteiger partial charge in [0.2, 0.25) is 0 Å². The topological polar surface area (TPSA) is 104 Å². The maximum absolute atomic E-state index is 12.5. The molecular weight excluding hydrogens is 354 g/mol. The molecule has 2 heterocycles. The van der Waals surface area contributed by atoms with Crippen LogP contribution in [0.25, 0.3) is 0 Å². The summed E-state index contributed by atoms with van der Waals surface area (Å²) in [5, 5.41) is 12.6. The van der Waals surface area contributed by atoms with Crippen molar-refractivity contribution in [1.29, 1.82) is 5.26 Å². The number of hydrogen-bond donors (Lipinski definition) is 2. The first-order valence-electron chi connectivity index (χ1n) is 9.15. The number of hydrogen-bond acceptors (Lipinski definition) is 3. The highest BCUT2D eigenvalue weighted by Gasteiger charge is 2.31. The van der Waals surface area contributed by atoms with Gasteiger partial charge < -0.3 is 20.5 Å². The Morgan fingerprint density at radius 1 is 1.29 bits per heavy atom. The molecule has 0 bridgehead atoms. The van der Waals surface area contributed by atoms with Crippen molar-refractivity contribution in [3.05, 3.63) is 59.5 Å². The van der Waals surface area contributed by atoms with Gasteiger partial charge in [0.1, 0.15) is 6.07 Å². The average Bonchev–Trinajstić information content (AvgIpc) is 2.93. The number of carbonyl (C=O) groups is 2. The lowest BCUT2D eigenvalue weighted by atomic mass is 10.1. The Kier molecular flexibility index (Phi) is 6.47. The second kappa shape index (κ2) is 8.61. The van der Waals surface area contributed by atoms with Crippen LogP contribution in [0.4, 0.5) is 4.79 Å². The first kappa shape index (κ1) is 21.0. The lowest BCUT2D eigenvalue weighted by Gasteiger charge is -2.32. The van der Waals surface area contributed by atoms with E-state index in [1.165, 1.54) is 0 Å². The summed E-state index contributed by atoms with van der Waals surface area (Å²) in [6.45, 7) is 10.6. The molecule has 2 rings (SSSR count). The van der Waals surface area contributed by atoms with Crippen molar-refractivity contribution < 1.29 is 9.59 Å². The van der Waals surface area contributed by atoms with Gasteiger partial charge >= 0.3 is 6.03 Å². The van der Waals surface area contributed by atoms with E-state index in [1.54, 1.807) is 17.1 Å². The van der Waals surface area contributed by atoms with Gasteiger partial charge in [0.15, 0.2) is 0 Å². The molecule has 0 saturated carbocycles. The van der Waals surface area contributed by atoms with Crippen LogP contribution in [0.3, 0.4) is 0 Å². The van der Waals surface area contributed by atoms with Crippen LogP contribution < -0.4 is 11.1 Å². The van der Waals surface area contributed by atoms with Gasteiger partial charge in [0.25, 0.3) is 5.91 Å². The summed E-state index contributed by atoms with van der Waals surface area (Å²) >= 11 is 0. The highest BCUT2D eigenvalue weighted by atomic mass is 16.2. The summed E-state index contributed by atoms with van der Waals surface area (Å²) in [4.78, 5) is 26.3. The molecule has 1 aromatic heterocycles. The quantitative estimate of drug-likeness (QED) is 0.766. The van der Waals surface area contributed by atoms with Crippen molar-refractivity contribution in [2.45, 2.75) is 45.8 Å². The summed E-state index contributed by atoms with van der Waals surface area (Å²) in [6, 6.07) is 1.92. The van der Waals surface area contributed by atoms with E-state index in [9.17, 15) is 14.9 Å². The molecule has 1 aliphatic rings. The number of nitrogens with one attached hydrogen (secondary N) is 1. The summed E-state index contributed by atoms with van der Waals surface area (Å²) in [5.74, 6) is -0.653. The van der Waals surface area contributed by atoms with Crippen molar-refractivity contribution in [3.8, 4) is 6.07 Å². The SMILES string of the molecule is C=C/C=C\C=C/Cc1c(C#N)c(C(N)=O)c2n1CCN(C(=O)NC(C)(C)C)C2. The third kappa shape index (κ3) is 4.71. The first-order valence-corrected chi connectivity index (χ1v) is 9.15. The van der Waals surface area contributed by atoms with Gasteiger partial charge in [-0.1, -0.05) is 37.0 Å². The fourth-order valence-corrected chi connectivity index (χ4v) is 3.21. The largest absolute Gasteiger partial charge is 0.366 e. The molecule has 3 amide bonds. The Morgan fingerprint density at radius 2 is 2.00 bits per heavy atom. The molecular formula is C21H27N5O2. The zero-order valence-electron chi connectivity index (χ0n) is 16.7. The van der Waals surface area contributed by atoms with Crippen LogP contribution >= 0.6 is 0 Å². The predicted molar refractivity (Wildman–Crippen MR) is 109 cm³/mol. The average molecular weight is 381 g/mol. The number of primary amides is 1. The standard InChI is InChI=1S/C21H27N5O2/c1-5-6-7-8-9-10-16-15(13-22)18(19(23)27)17-14-25(11-12-26(16)17)20(28)24-21(2,3)4/h5-9H,1,10-12,14H2,2-4H3,(H2,23,27)(H,24,28)/b7-6-,9-8-. The predicted octanol–water partition coefficient (Wildman–Crippen LogP) is 2.62. The fourth-order valence-electron chi connectivity index (χ4n) is 3.21. The molecule has 0 unspecified atom stereocenters. The highest BCUT2D eigenvalue weighted by molar-refractivity contribution is 5.97. The molecule has 1 aliphatic heterocycles. The van der Waals surface area contributed by atoms with Crippen molar-refractivity contribution >= 4 is 11.9 Å². The molecule has 0 radical (unpaired) electrons. The molecule has 0 aliphatic carbocycles. The van der Waals surface area contributed by atoms with Gasteiger partial charge in [0, 0.05) is 30.7 Å². The van der Waals surface area contributed by atoms with Crippen LogP contribution in [0, 0.1) is 11.3 Å². The van der Waals surface area contributed by atoms with E-state index in [0.29, 0.717) is 25.2 Å². The number of nitrogens with two attached hydrogens (primary N) is 1. The van der Waals surface area contributed by atoms with E-state index < -0.39 is 5.91 Å². The maximum atomic E-state index is 12.5. The molecule has 0 spiro atoms. The van der Waals surface area contributed by atoms with Gasteiger partial charge in [-0.2, -0.15) is 5.26 Å². The van der Waals surface area contributed by atoms with E-state index in [0.717, 1.165) is 5.69 Å². The zero-order chi connectivity index (χ0) is 20.9. The molecule has 7 nitrogen and oxygen atoms in total. The molecule has 148 valence electrons. The highest BCUT2D eigenvalue weighted by Crippen LogP contribution is 2.28. The number of carbonyl (C=O) groups excluding carboxylic acids is 2. The Balaban J connectivity index is 2.39. The van der Waals surface area contributed by atoms with Crippen LogP contribution in [0.1, 0.15) is 48.1 Å². The van der Waals surface area contributed by atoms with Crippen molar-refractivity contribution in [3.63, 3.8) is 0 Å². The van der Waals surface area contributed by atoms with E-state index in [1.807, 2.05) is 43.6 Å². The van der Waals surface area contributed by atoms with E-state index in [4.69, 9.17) is 5.73 Å². The van der Waals surface area contributed by atoms with Gasteiger partial charge in [-0.05, 0) is 20.8 Å². The molecule has 0 aromatic carbocycles. The summed E-state index contributed by atoms with van der Waals surface area (Å²) in [5.41, 5.74) is 7.07. The zero-order valence-corrected chi connectivity index (χ0v) is 16.7. The Hall–Kier alpha value is -3.27. The second-order valence-electron chi connectivity index (χ2n) is 7.63. The summed E-state index contributed by atoms with van der Waals surface area (Å²) < 4.78 is 1.95. The minimum atomic E-state index is -0.653. The number of nitrogens with zero attached hydrogens (tertiary/aromatic N) is 3. The van der Waals surface area contributed by atoms with Crippen LogP contribution in [0.15, 0.2) is 37.0 Å². The van der Waals surface area contributed by atoms with Crippen LogP contribution in [0.5, 0.6) is 0 Å². The van der Waals surface area contributed by atoms with E-state index in [2.05, 4.69) is 18.0 Å². The monoisotopic (exact) mass is 381 g/mol.